The van der Waals surface area contributed by atoms with E-state index in [0.717, 1.165) is 23.7 Å². The van der Waals surface area contributed by atoms with Crippen LogP contribution in [-0.2, 0) is 0 Å². The Bertz CT molecular complexity index is 397. The predicted octanol–water partition coefficient (Wildman–Crippen LogP) is 3.90. The van der Waals surface area contributed by atoms with Crippen molar-refractivity contribution in [2.24, 2.45) is 0 Å². The van der Waals surface area contributed by atoms with Crippen molar-refractivity contribution in [1.29, 1.82) is 0 Å². The molecule has 1 atom stereocenters. The Kier molecular flexibility index (Phi) is 3.95. The zero-order chi connectivity index (χ0) is 12.4. The lowest BCUT2D eigenvalue weighted by molar-refractivity contribution is 0.396. The molecule has 1 aliphatic rings. The third-order valence-corrected chi connectivity index (χ3v) is 3.59. The topological polar surface area (TPSA) is 21.3 Å². The number of halogens is 1. The summed E-state index contributed by atoms with van der Waals surface area (Å²) in [4.78, 5) is 0. The van der Waals surface area contributed by atoms with Crippen LogP contribution in [-0.4, -0.2) is 13.7 Å². The first kappa shape index (κ1) is 12.7. The summed E-state index contributed by atoms with van der Waals surface area (Å²) < 4.78 is 5.61. The molecule has 0 radical (unpaired) electrons. The van der Waals surface area contributed by atoms with Crippen LogP contribution in [0.2, 0.25) is 5.02 Å². The van der Waals surface area contributed by atoms with Gasteiger partial charge in [0.2, 0.25) is 0 Å². The van der Waals surface area contributed by atoms with Gasteiger partial charge >= 0.3 is 0 Å². The van der Waals surface area contributed by atoms with E-state index < -0.39 is 0 Å². The van der Waals surface area contributed by atoms with Gasteiger partial charge in [0.25, 0.3) is 0 Å². The van der Waals surface area contributed by atoms with Crippen molar-refractivity contribution in [2.75, 3.05) is 13.7 Å². The van der Waals surface area contributed by atoms with Gasteiger partial charge in [-0.25, -0.2) is 0 Å². The second-order valence-corrected chi connectivity index (χ2v) is 5.36. The van der Waals surface area contributed by atoms with E-state index in [1.165, 1.54) is 17.5 Å². The molecule has 0 bridgehead atoms. The largest absolute Gasteiger partial charge is 0.496 e. The van der Waals surface area contributed by atoms with E-state index in [9.17, 15) is 0 Å². The maximum absolute atomic E-state index is 6.22. The molecule has 0 amide bonds. The quantitative estimate of drug-likeness (QED) is 0.882. The number of nitrogens with one attached hydrogen (secondary N) is 1. The first-order valence-corrected chi connectivity index (χ1v) is 6.62. The van der Waals surface area contributed by atoms with Crippen LogP contribution in [0.15, 0.2) is 12.1 Å². The highest BCUT2D eigenvalue weighted by Gasteiger charge is 2.23. The molecule has 2 rings (SSSR count). The second kappa shape index (κ2) is 5.28. The van der Waals surface area contributed by atoms with E-state index in [1.54, 1.807) is 7.11 Å². The molecule has 1 aliphatic heterocycles. The molecule has 1 N–H and O–H groups in total. The number of ether oxygens (including phenoxy) is 1. The van der Waals surface area contributed by atoms with Gasteiger partial charge in [0.1, 0.15) is 5.75 Å². The van der Waals surface area contributed by atoms with Crippen LogP contribution in [0.5, 0.6) is 5.75 Å². The monoisotopic (exact) mass is 253 g/mol. The maximum Gasteiger partial charge on any atom is 0.127 e. The van der Waals surface area contributed by atoms with Gasteiger partial charge in [0.15, 0.2) is 0 Å². The van der Waals surface area contributed by atoms with E-state index in [0.29, 0.717) is 12.0 Å². The Balaban J connectivity index is 2.48. The molecular weight excluding hydrogens is 234 g/mol. The van der Waals surface area contributed by atoms with E-state index in [4.69, 9.17) is 16.3 Å². The molecule has 0 saturated carbocycles. The third kappa shape index (κ3) is 2.58. The molecular formula is C14H20ClNO. The van der Waals surface area contributed by atoms with Crippen LogP contribution in [0, 0.1) is 0 Å². The van der Waals surface area contributed by atoms with Gasteiger partial charge in [-0.15, -0.1) is 0 Å². The molecule has 17 heavy (non-hydrogen) atoms. The van der Waals surface area contributed by atoms with Gasteiger partial charge < -0.3 is 10.1 Å². The normalized spacial score (nSPS) is 19.9. The standard InChI is InChI=1S/C14H20ClNO/c1-9(2)11-7-10(15)8-12(14(11)17-3)13-5-4-6-16-13/h7-9,13,16H,4-6H2,1-3H3. The summed E-state index contributed by atoms with van der Waals surface area (Å²) in [5.41, 5.74) is 2.41. The number of methoxy groups -OCH3 is 1. The van der Waals surface area contributed by atoms with Crippen molar-refractivity contribution in [3.8, 4) is 5.75 Å². The minimum atomic E-state index is 0.390. The fraction of sp³-hybridized carbons (Fsp3) is 0.571. The van der Waals surface area contributed by atoms with Gasteiger partial charge in [0.05, 0.1) is 7.11 Å². The van der Waals surface area contributed by atoms with Crippen LogP contribution in [0.1, 0.15) is 49.8 Å². The Labute approximate surface area is 108 Å². The zero-order valence-electron chi connectivity index (χ0n) is 10.7. The number of hydrogen-bond acceptors (Lipinski definition) is 2. The lowest BCUT2D eigenvalue weighted by Crippen LogP contribution is -2.14. The fourth-order valence-electron chi connectivity index (χ4n) is 2.51. The van der Waals surface area contributed by atoms with Crippen LogP contribution in [0.25, 0.3) is 0 Å². The van der Waals surface area contributed by atoms with Gasteiger partial charge in [-0.3, -0.25) is 0 Å². The summed E-state index contributed by atoms with van der Waals surface area (Å²) in [6, 6.07) is 4.44. The molecule has 94 valence electrons. The zero-order valence-corrected chi connectivity index (χ0v) is 11.5. The Morgan fingerprint density at radius 3 is 2.71 bits per heavy atom. The fourth-order valence-corrected chi connectivity index (χ4v) is 2.75. The summed E-state index contributed by atoms with van der Waals surface area (Å²) in [6.45, 7) is 5.41. The molecule has 0 spiro atoms. The summed E-state index contributed by atoms with van der Waals surface area (Å²) in [5.74, 6) is 1.42. The summed E-state index contributed by atoms with van der Waals surface area (Å²) in [5, 5.41) is 4.31. The number of hydrogen-bond donors (Lipinski definition) is 1. The maximum atomic E-state index is 6.22. The first-order chi connectivity index (χ1) is 8.13. The molecule has 1 saturated heterocycles. The van der Waals surface area contributed by atoms with Crippen LogP contribution in [0.3, 0.4) is 0 Å². The summed E-state index contributed by atoms with van der Waals surface area (Å²) >= 11 is 6.22. The highest BCUT2D eigenvalue weighted by Crippen LogP contribution is 2.38. The van der Waals surface area contributed by atoms with E-state index >= 15 is 0 Å². The van der Waals surface area contributed by atoms with E-state index in [2.05, 4.69) is 19.2 Å². The predicted molar refractivity (Wildman–Crippen MR) is 72.1 cm³/mol. The van der Waals surface area contributed by atoms with Crippen molar-refractivity contribution >= 4 is 11.6 Å². The molecule has 1 aromatic rings. The van der Waals surface area contributed by atoms with Crippen LogP contribution in [0.4, 0.5) is 0 Å². The highest BCUT2D eigenvalue weighted by molar-refractivity contribution is 6.30. The molecule has 1 fully saturated rings. The Hall–Kier alpha value is -0.730. The third-order valence-electron chi connectivity index (χ3n) is 3.37. The first-order valence-electron chi connectivity index (χ1n) is 6.24. The van der Waals surface area contributed by atoms with Crippen molar-refractivity contribution < 1.29 is 4.74 Å². The molecule has 1 unspecified atom stereocenters. The average Bonchev–Trinajstić information content (AvgIpc) is 2.81. The van der Waals surface area contributed by atoms with Crippen LogP contribution >= 0.6 is 11.6 Å². The SMILES string of the molecule is COc1c(C(C)C)cc(Cl)cc1C1CCCN1. The number of rotatable bonds is 3. The smallest absolute Gasteiger partial charge is 0.127 e. The van der Waals surface area contributed by atoms with Crippen LogP contribution < -0.4 is 10.1 Å². The summed E-state index contributed by atoms with van der Waals surface area (Å²) in [6.07, 6.45) is 2.38. The Morgan fingerprint density at radius 2 is 2.18 bits per heavy atom. The van der Waals surface area contributed by atoms with Gasteiger partial charge in [-0.05, 0) is 43.0 Å². The lowest BCUT2D eigenvalue weighted by Gasteiger charge is -2.20. The van der Waals surface area contributed by atoms with E-state index in [-0.39, 0.29) is 0 Å². The highest BCUT2D eigenvalue weighted by atomic mass is 35.5. The average molecular weight is 254 g/mol. The van der Waals surface area contributed by atoms with Crippen molar-refractivity contribution in [3.05, 3.63) is 28.3 Å². The lowest BCUT2D eigenvalue weighted by atomic mass is 9.95. The molecule has 0 aliphatic carbocycles. The van der Waals surface area contributed by atoms with Crippen molar-refractivity contribution in [3.63, 3.8) is 0 Å². The van der Waals surface area contributed by atoms with E-state index in [1.807, 2.05) is 12.1 Å². The minimum absolute atomic E-state index is 0.390. The van der Waals surface area contributed by atoms with Crippen molar-refractivity contribution in [2.45, 2.75) is 38.6 Å². The minimum Gasteiger partial charge on any atom is -0.496 e. The van der Waals surface area contributed by atoms with Gasteiger partial charge in [-0.2, -0.15) is 0 Å². The van der Waals surface area contributed by atoms with Gasteiger partial charge in [-0.1, -0.05) is 25.4 Å². The molecule has 1 aromatic carbocycles. The molecule has 1 heterocycles. The number of benzene rings is 1. The summed E-state index contributed by atoms with van der Waals surface area (Å²) in [7, 11) is 1.74. The van der Waals surface area contributed by atoms with Crippen molar-refractivity contribution in [1.82, 2.24) is 5.32 Å². The molecule has 0 aromatic heterocycles. The molecule has 2 nitrogen and oxygen atoms in total. The Morgan fingerprint density at radius 1 is 1.41 bits per heavy atom. The molecule has 3 heteroatoms. The van der Waals surface area contributed by atoms with Gasteiger partial charge in [0, 0.05) is 16.6 Å². The second-order valence-electron chi connectivity index (χ2n) is 4.92.